The molecule has 0 atom stereocenters. The summed E-state index contributed by atoms with van der Waals surface area (Å²) in [7, 11) is 0. The van der Waals surface area contributed by atoms with E-state index in [1.54, 1.807) is 6.07 Å². The van der Waals surface area contributed by atoms with Crippen LogP contribution < -0.4 is 0 Å². The zero-order chi connectivity index (χ0) is 68.9. The highest BCUT2D eigenvalue weighted by Gasteiger charge is 2.36. The largest absolute Gasteiger partial charge is 0.462 e. The standard InChI is InChI=1S/C88H154O8/c1-5-9-13-17-21-25-29-33-37-41-45-49-53-57-61-68-74-93-85(89)81-78-80(79-72-66-65-67-73-79)82(86(90)94-75-69-62-58-54-50-46-42-38-34-30-26-22-18-14-10-6-2)84(88(92)96-77-71-64-60-56-52-48-44-40-36-32-28-24-20-16-12-8-4)83(81)87(91)95-76-70-63-59-55-51-47-43-39-35-31-27-23-19-15-11-7-3/h65-67,72-73,78H,5-64,68-71,74-77H2,1-4H3. The molecule has 0 heterocycles. The number of hydrogen-bond donors (Lipinski definition) is 0. The zero-order valence-corrected chi connectivity index (χ0v) is 63.8. The molecule has 0 bridgehead atoms. The third-order valence-corrected chi connectivity index (χ3v) is 20.2. The van der Waals surface area contributed by atoms with Crippen LogP contribution >= 0.6 is 0 Å². The Morgan fingerprint density at radius 2 is 0.406 bits per heavy atom. The van der Waals surface area contributed by atoms with E-state index in [1.165, 1.54) is 308 Å². The molecule has 2 rings (SSSR count). The van der Waals surface area contributed by atoms with Crippen molar-refractivity contribution < 1.29 is 38.1 Å². The van der Waals surface area contributed by atoms with Gasteiger partial charge in [0.2, 0.25) is 0 Å². The Labute approximate surface area is 593 Å². The fourth-order valence-corrected chi connectivity index (χ4v) is 13.9. The van der Waals surface area contributed by atoms with E-state index in [2.05, 4.69) is 27.7 Å². The number of carbonyl (C=O) groups is 4. The van der Waals surface area contributed by atoms with Crippen molar-refractivity contribution in [2.24, 2.45) is 0 Å². The molecule has 2 aromatic carbocycles. The van der Waals surface area contributed by atoms with Gasteiger partial charge >= 0.3 is 23.9 Å². The molecule has 2 aromatic rings. The first-order valence-corrected chi connectivity index (χ1v) is 42.4. The Kier molecular flexibility index (Phi) is 63.0. The van der Waals surface area contributed by atoms with Crippen LogP contribution in [0.4, 0.5) is 0 Å². The molecular formula is C88H154O8. The van der Waals surface area contributed by atoms with Crippen LogP contribution in [0.15, 0.2) is 36.4 Å². The molecule has 96 heavy (non-hydrogen) atoms. The summed E-state index contributed by atoms with van der Waals surface area (Å²) in [5, 5.41) is 0. The summed E-state index contributed by atoms with van der Waals surface area (Å²) in [5.74, 6) is -3.10. The van der Waals surface area contributed by atoms with E-state index in [4.69, 9.17) is 18.9 Å². The minimum absolute atomic E-state index is 0.0709. The van der Waals surface area contributed by atoms with Crippen molar-refractivity contribution in [1.82, 2.24) is 0 Å². The summed E-state index contributed by atoms with van der Waals surface area (Å²) in [6.45, 7) is 9.70. The molecule has 0 saturated heterocycles. The topological polar surface area (TPSA) is 105 Å². The van der Waals surface area contributed by atoms with Crippen molar-refractivity contribution in [1.29, 1.82) is 0 Å². The van der Waals surface area contributed by atoms with Crippen molar-refractivity contribution in [3.8, 4) is 11.1 Å². The number of rotatable bonds is 73. The summed E-state index contributed by atoms with van der Waals surface area (Å²) in [4.78, 5) is 59.5. The molecular weight excluding hydrogens is 1180 g/mol. The van der Waals surface area contributed by atoms with Crippen LogP contribution in [-0.2, 0) is 18.9 Å². The molecule has 554 valence electrons. The van der Waals surface area contributed by atoms with Crippen molar-refractivity contribution in [2.45, 2.75) is 439 Å². The quantitative estimate of drug-likeness (QED) is 0.0366. The van der Waals surface area contributed by atoms with E-state index in [0.29, 0.717) is 36.8 Å². The van der Waals surface area contributed by atoms with Gasteiger partial charge in [-0.15, -0.1) is 0 Å². The summed E-state index contributed by atoms with van der Waals surface area (Å²) >= 11 is 0. The summed E-state index contributed by atoms with van der Waals surface area (Å²) in [6.07, 6.45) is 79.1. The van der Waals surface area contributed by atoms with Gasteiger partial charge in [-0.3, -0.25) is 0 Å². The Balaban J connectivity index is 2.25. The van der Waals surface area contributed by atoms with E-state index in [1.807, 2.05) is 30.3 Å². The second-order valence-corrected chi connectivity index (χ2v) is 29.2. The third kappa shape index (κ3) is 49.8. The summed E-state index contributed by atoms with van der Waals surface area (Å²) < 4.78 is 24.4. The van der Waals surface area contributed by atoms with Gasteiger partial charge in [-0.1, -0.05) is 443 Å². The predicted molar refractivity (Wildman–Crippen MR) is 411 cm³/mol. The van der Waals surface area contributed by atoms with Gasteiger partial charge in [0.05, 0.1) is 48.7 Å². The minimum Gasteiger partial charge on any atom is -0.462 e. The molecule has 0 aliphatic carbocycles. The zero-order valence-electron chi connectivity index (χ0n) is 63.8. The lowest BCUT2D eigenvalue weighted by Gasteiger charge is -2.20. The van der Waals surface area contributed by atoms with Crippen LogP contribution in [-0.4, -0.2) is 50.3 Å². The fourth-order valence-electron chi connectivity index (χ4n) is 13.9. The van der Waals surface area contributed by atoms with Crippen LogP contribution in [0.3, 0.4) is 0 Å². The molecule has 0 unspecified atom stereocenters. The lowest BCUT2D eigenvalue weighted by Crippen LogP contribution is -2.25. The normalized spacial score (nSPS) is 11.4. The van der Waals surface area contributed by atoms with Crippen LogP contribution in [0, 0.1) is 0 Å². The average molecular weight is 1340 g/mol. The van der Waals surface area contributed by atoms with Gasteiger partial charge in [0.1, 0.15) is 0 Å². The molecule has 0 spiro atoms. The van der Waals surface area contributed by atoms with Gasteiger partial charge < -0.3 is 18.9 Å². The maximum Gasteiger partial charge on any atom is 0.339 e. The van der Waals surface area contributed by atoms with Crippen LogP contribution in [0.5, 0.6) is 0 Å². The Hall–Kier alpha value is -3.68. The molecule has 0 amide bonds. The van der Waals surface area contributed by atoms with Gasteiger partial charge in [0.25, 0.3) is 0 Å². The number of unbranched alkanes of at least 4 members (excludes halogenated alkanes) is 60. The molecule has 0 fully saturated rings. The highest BCUT2D eigenvalue weighted by Crippen LogP contribution is 2.35. The molecule has 0 aliphatic heterocycles. The third-order valence-electron chi connectivity index (χ3n) is 20.2. The lowest BCUT2D eigenvalue weighted by atomic mass is 9.88. The molecule has 0 radical (unpaired) electrons. The highest BCUT2D eigenvalue weighted by molar-refractivity contribution is 6.18. The van der Waals surface area contributed by atoms with Crippen molar-refractivity contribution >= 4 is 23.9 Å². The number of esters is 4. The number of hydrogen-bond acceptors (Lipinski definition) is 8. The molecule has 0 aromatic heterocycles. The Morgan fingerprint density at radius 1 is 0.219 bits per heavy atom. The lowest BCUT2D eigenvalue weighted by molar-refractivity contribution is 0.0415. The first-order valence-electron chi connectivity index (χ1n) is 42.4. The molecule has 8 nitrogen and oxygen atoms in total. The first kappa shape index (κ1) is 88.4. The van der Waals surface area contributed by atoms with Crippen molar-refractivity contribution in [3.63, 3.8) is 0 Å². The maximum absolute atomic E-state index is 15.0. The van der Waals surface area contributed by atoms with Gasteiger partial charge in [0.15, 0.2) is 0 Å². The predicted octanol–water partition coefficient (Wildman–Crippen LogP) is 29.0. The van der Waals surface area contributed by atoms with E-state index < -0.39 is 23.9 Å². The summed E-state index contributed by atoms with van der Waals surface area (Å²) in [6, 6.07) is 10.9. The summed E-state index contributed by atoms with van der Waals surface area (Å²) in [5.41, 5.74) is 0.236. The minimum atomic E-state index is -0.829. The molecule has 0 aliphatic rings. The highest BCUT2D eigenvalue weighted by atomic mass is 16.5. The van der Waals surface area contributed by atoms with Gasteiger partial charge in [-0.05, 0) is 42.9 Å². The van der Waals surface area contributed by atoms with Crippen molar-refractivity contribution in [2.75, 3.05) is 26.4 Å². The number of carbonyl (C=O) groups excluding carboxylic acids is 4. The SMILES string of the molecule is CCCCCCCCCCCCCCCCCCOC(=O)c1cc(-c2ccccc2)c(C(=O)OCCCCCCCCCCCCCCCCCC)c(C(=O)OCCCCCCCCCCCCCCCCCC)c1C(=O)OCCCCCCCCCCCCCCCCCC. The smallest absolute Gasteiger partial charge is 0.339 e. The first-order chi connectivity index (χ1) is 47.4. The van der Waals surface area contributed by atoms with E-state index in [0.717, 1.165) is 77.0 Å². The van der Waals surface area contributed by atoms with Crippen molar-refractivity contribution in [3.05, 3.63) is 58.7 Å². The van der Waals surface area contributed by atoms with E-state index in [9.17, 15) is 14.4 Å². The monoisotopic (exact) mass is 1340 g/mol. The molecule has 0 N–H and O–H groups in total. The van der Waals surface area contributed by atoms with Gasteiger partial charge in [-0.25, -0.2) is 19.2 Å². The Bertz CT molecular complexity index is 2060. The fraction of sp³-hybridized carbons (Fsp3) is 0.818. The second kappa shape index (κ2) is 68.5. The van der Waals surface area contributed by atoms with E-state index >= 15 is 4.79 Å². The number of benzene rings is 2. The van der Waals surface area contributed by atoms with Gasteiger partial charge in [-0.2, -0.15) is 0 Å². The van der Waals surface area contributed by atoms with Crippen LogP contribution in [0.2, 0.25) is 0 Å². The Morgan fingerprint density at radius 3 is 0.635 bits per heavy atom. The average Bonchev–Trinajstić information content (AvgIpc) is 0.756. The van der Waals surface area contributed by atoms with Crippen LogP contribution in [0.1, 0.15) is 480 Å². The number of ether oxygens (including phenoxy) is 4. The molecule has 8 heteroatoms. The van der Waals surface area contributed by atoms with Gasteiger partial charge in [0, 0.05) is 0 Å². The maximum atomic E-state index is 15.0. The second-order valence-electron chi connectivity index (χ2n) is 29.2. The van der Waals surface area contributed by atoms with E-state index in [-0.39, 0.29) is 48.7 Å². The molecule has 0 saturated carbocycles. The van der Waals surface area contributed by atoms with Crippen LogP contribution in [0.25, 0.3) is 11.1 Å².